The van der Waals surface area contributed by atoms with E-state index in [4.69, 9.17) is 0 Å². The highest BCUT2D eigenvalue weighted by atomic mass is 79.9. The van der Waals surface area contributed by atoms with Crippen LogP contribution in [0.3, 0.4) is 0 Å². The van der Waals surface area contributed by atoms with Gasteiger partial charge < -0.3 is 0 Å². The molecule has 2 heteroatoms. The fourth-order valence-corrected chi connectivity index (χ4v) is 3.87. The SMILES string of the molecule is CC1CC2CCC(C1)N2Cc1ccc(Br)cc1. The van der Waals surface area contributed by atoms with Gasteiger partial charge in [-0.1, -0.05) is 35.0 Å². The van der Waals surface area contributed by atoms with Gasteiger partial charge in [0.25, 0.3) is 0 Å². The van der Waals surface area contributed by atoms with Crippen molar-refractivity contribution in [3.63, 3.8) is 0 Å². The van der Waals surface area contributed by atoms with E-state index in [2.05, 4.69) is 52.0 Å². The molecule has 3 rings (SSSR count). The molecule has 0 amide bonds. The number of nitrogens with zero attached hydrogens (tertiary/aromatic N) is 1. The molecule has 2 unspecified atom stereocenters. The summed E-state index contributed by atoms with van der Waals surface area (Å²) in [5, 5.41) is 0. The molecule has 0 N–H and O–H groups in total. The lowest BCUT2D eigenvalue weighted by molar-refractivity contribution is 0.102. The van der Waals surface area contributed by atoms with Crippen LogP contribution in [0, 0.1) is 5.92 Å². The molecule has 1 nitrogen and oxygen atoms in total. The molecule has 2 fully saturated rings. The normalized spacial score (nSPS) is 32.9. The van der Waals surface area contributed by atoms with Crippen molar-refractivity contribution in [1.82, 2.24) is 4.90 Å². The molecule has 17 heavy (non-hydrogen) atoms. The summed E-state index contributed by atoms with van der Waals surface area (Å²) in [6.45, 7) is 3.57. The Labute approximate surface area is 112 Å². The van der Waals surface area contributed by atoms with Crippen LogP contribution in [0.15, 0.2) is 28.7 Å². The van der Waals surface area contributed by atoms with E-state index in [0.29, 0.717) is 0 Å². The number of piperidine rings is 1. The highest BCUT2D eigenvalue weighted by molar-refractivity contribution is 9.10. The average molecular weight is 294 g/mol. The van der Waals surface area contributed by atoms with Crippen molar-refractivity contribution in [3.8, 4) is 0 Å². The molecule has 0 aliphatic carbocycles. The number of fused-ring (bicyclic) bond motifs is 2. The third-order valence-electron chi connectivity index (χ3n) is 4.40. The lowest BCUT2D eigenvalue weighted by atomic mass is 9.92. The summed E-state index contributed by atoms with van der Waals surface area (Å²) in [5.41, 5.74) is 1.46. The minimum Gasteiger partial charge on any atom is -0.293 e. The van der Waals surface area contributed by atoms with Crippen molar-refractivity contribution in [2.24, 2.45) is 5.92 Å². The van der Waals surface area contributed by atoms with Gasteiger partial charge in [-0.25, -0.2) is 0 Å². The summed E-state index contributed by atoms with van der Waals surface area (Å²) in [6, 6.07) is 10.5. The molecule has 2 aliphatic heterocycles. The van der Waals surface area contributed by atoms with Gasteiger partial charge in [0, 0.05) is 23.1 Å². The number of hydrogen-bond donors (Lipinski definition) is 0. The molecule has 1 aromatic rings. The monoisotopic (exact) mass is 293 g/mol. The van der Waals surface area contributed by atoms with Crippen LogP contribution in [-0.4, -0.2) is 17.0 Å². The summed E-state index contributed by atoms with van der Waals surface area (Å²) in [4.78, 5) is 2.75. The standard InChI is InChI=1S/C15H20BrN/c1-11-8-14-6-7-15(9-11)17(14)10-12-2-4-13(16)5-3-12/h2-5,11,14-15H,6-10H2,1H3. The topological polar surface area (TPSA) is 3.24 Å². The third kappa shape index (κ3) is 2.43. The molecule has 0 saturated carbocycles. The summed E-state index contributed by atoms with van der Waals surface area (Å²) >= 11 is 3.50. The van der Waals surface area contributed by atoms with Gasteiger partial charge in [0.15, 0.2) is 0 Å². The van der Waals surface area contributed by atoms with Crippen LogP contribution >= 0.6 is 15.9 Å². The van der Waals surface area contributed by atoms with Gasteiger partial charge in [0.2, 0.25) is 0 Å². The lowest BCUT2D eigenvalue weighted by Gasteiger charge is -2.37. The van der Waals surface area contributed by atoms with Crippen molar-refractivity contribution in [2.75, 3.05) is 0 Å². The molecule has 2 heterocycles. The van der Waals surface area contributed by atoms with Crippen molar-refractivity contribution >= 4 is 15.9 Å². The molecule has 2 aliphatic rings. The lowest BCUT2D eigenvalue weighted by Crippen LogP contribution is -2.41. The second-order valence-corrected chi connectivity index (χ2v) is 6.68. The number of rotatable bonds is 2. The molecule has 1 aromatic carbocycles. The van der Waals surface area contributed by atoms with Crippen LogP contribution in [0.1, 0.15) is 38.2 Å². The van der Waals surface area contributed by atoms with Gasteiger partial charge >= 0.3 is 0 Å². The van der Waals surface area contributed by atoms with Crippen LogP contribution in [0.4, 0.5) is 0 Å². The predicted molar refractivity (Wildman–Crippen MR) is 74.9 cm³/mol. The van der Waals surface area contributed by atoms with Crippen molar-refractivity contribution < 1.29 is 0 Å². The van der Waals surface area contributed by atoms with Gasteiger partial charge in [0.05, 0.1) is 0 Å². The van der Waals surface area contributed by atoms with Crippen LogP contribution in [0.2, 0.25) is 0 Å². The highest BCUT2D eigenvalue weighted by Gasteiger charge is 2.38. The maximum atomic E-state index is 3.50. The second kappa shape index (κ2) is 4.74. The molecular formula is C15H20BrN. The predicted octanol–water partition coefficient (Wildman–Crippen LogP) is 4.21. The fourth-order valence-electron chi connectivity index (χ4n) is 3.61. The van der Waals surface area contributed by atoms with E-state index in [1.54, 1.807) is 0 Å². The maximum Gasteiger partial charge on any atom is 0.0239 e. The minimum atomic E-state index is 0.854. The van der Waals surface area contributed by atoms with Gasteiger partial charge in [0.1, 0.15) is 0 Å². The molecule has 0 radical (unpaired) electrons. The first-order valence-electron chi connectivity index (χ1n) is 6.72. The number of benzene rings is 1. The molecule has 0 aromatic heterocycles. The van der Waals surface area contributed by atoms with Crippen molar-refractivity contribution in [3.05, 3.63) is 34.3 Å². The molecule has 92 valence electrons. The van der Waals surface area contributed by atoms with Crippen LogP contribution in [-0.2, 0) is 6.54 Å². The van der Waals surface area contributed by atoms with Crippen LogP contribution < -0.4 is 0 Å². The number of halogens is 1. The van der Waals surface area contributed by atoms with Crippen molar-refractivity contribution in [2.45, 2.75) is 51.2 Å². The third-order valence-corrected chi connectivity index (χ3v) is 4.93. The first-order chi connectivity index (χ1) is 8.22. The zero-order valence-corrected chi connectivity index (χ0v) is 12.0. The second-order valence-electron chi connectivity index (χ2n) is 5.76. The first-order valence-corrected chi connectivity index (χ1v) is 7.52. The molecule has 2 atom stereocenters. The first kappa shape index (κ1) is 11.7. The van der Waals surface area contributed by atoms with Crippen LogP contribution in [0.5, 0.6) is 0 Å². The van der Waals surface area contributed by atoms with E-state index >= 15 is 0 Å². The zero-order chi connectivity index (χ0) is 11.8. The molecular weight excluding hydrogens is 274 g/mol. The molecule has 0 spiro atoms. The Hall–Kier alpha value is -0.340. The maximum absolute atomic E-state index is 3.50. The van der Waals surface area contributed by atoms with Gasteiger partial charge in [-0.3, -0.25) is 4.90 Å². The Bertz CT molecular complexity index is 372. The minimum absolute atomic E-state index is 0.854. The summed E-state index contributed by atoms with van der Waals surface area (Å²) in [6.07, 6.45) is 5.66. The largest absolute Gasteiger partial charge is 0.293 e. The Morgan fingerprint density at radius 1 is 1.12 bits per heavy atom. The Balaban J connectivity index is 1.72. The highest BCUT2D eigenvalue weighted by Crippen LogP contribution is 2.39. The summed E-state index contributed by atoms with van der Waals surface area (Å²) in [7, 11) is 0. The van der Waals surface area contributed by atoms with E-state index < -0.39 is 0 Å². The smallest absolute Gasteiger partial charge is 0.0239 e. The average Bonchev–Trinajstić information content (AvgIpc) is 2.56. The van der Waals surface area contributed by atoms with Crippen molar-refractivity contribution in [1.29, 1.82) is 0 Å². The van der Waals surface area contributed by atoms with E-state index in [1.807, 2.05) is 0 Å². The quantitative estimate of drug-likeness (QED) is 0.789. The van der Waals surface area contributed by atoms with E-state index in [0.717, 1.165) is 24.5 Å². The van der Waals surface area contributed by atoms with Gasteiger partial charge in [-0.15, -0.1) is 0 Å². The summed E-state index contributed by atoms with van der Waals surface area (Å²) < 4.78 is 1.18. The number of hydrogen-bond acceptors (Lipinski definition) is 1. The summed E-state index contributed by atoms with van der Waals surface area (Å²) in [5.74, 6) is 0.939. The Kier molecular flexibility index (Phi) is 3.27. The molecule has 2 saturated heterocycles. The van der Waals surface area contributed by atoms with Gasteiger partial charge in [-0.05, 0) is 49.3 Å². The fraction of sp³-hybridized carbons (Fsp3) is 0.600. The van der Waals surface area contributed by atoms with Gasteiger partial charge in [-0.2, -0.15) is 0 Å². The van der Waals surface area contributed by atoms with E-state index in [9.17, 15) is 0 Å². The molecule has 2 bridgehead atoms. The Morgan fingerprint density at radius 3 is 2.29 bits per heavy atom. The van der Waals surface area contributed by atoms with Crippen LogP contribution in [0.25, 0.3) is 0 Å². The zero-order valence-electron chi connectivity index (χ0n) is 10.4. The van der Waals surface area contributed by atoms with E-state index in [1.165, 1.54) is 35.7 Å². The Morgan fingerprint density at radius 2 is 1.71 bits per heavy atom. The van der Waals surface area contributed by atoms with E-state index in [-0.39, 0.29) is 0 Å².